The third kappa shape index (κ3) is 15.1. The minimum atomic E-state index is -0.450. The molecule has 0 bridgehead atoms. The zero-order valence-corrected chi connectivity index (χ0v) is 74.2. The SMILES string of the molecule is C=C(Cn1ccnn1)[C@H]1CC[C@H]2[C@@H]3CC[C@H]4C[C@](C)(O)[C@@H](C)C[C@@H]4[C@H]3CC[C@]12C.C=C(Cn1ccnn1)[C@H]1CC[C@H]2[C@@H]3CC[C@H]4C[C@](C)(O)[C@H](C)C[C@@H]4[C@H]3CC[C@]12C.C=C(Cn1nccn1)[C@H]1CC[C@H]2[C@@H]3CC[C@H]4C[C@](C)(O)[C@@H](C)C[C@@H]4[C@H]3CC[C@]12C.C=C(Cn1nccn1)[C@H]1CC[C@H]2[C@@H]3CC[C@H]4C[C@](C)(O)[C@H](C)C[C@@H]4[C@H]3CC[C@]12C. The van der Waals surface area contributed by atoms with Gasteiger partial charge in [-0.25, -0.2) is 9.36 Å². The second-order valence-corrected chi connectivity index (χ2v) is 46.2. The molecular formula is C100H156N12O4. The van der Waals surface area contributed by atoms with Gasteiger partial charge in [-0.1, -0.05) is 114 Å². The Hall–Kier alpha value is -4.64. The van der Waals surface area contributed by atoms with Crippen molar-refractivity contribution in [3.05, 3.63) is 98.2 Å². The molecule has 0 spiro atoms. The van der Waals surface area contributed by atoms with Gasteiger partial charge in [0, 0.05) is 12.4 Å². The molecule has 0 amide bonds. The van der Waals surface area contributed by atoms with E-state index in [-0.39, 0.29) is 0 Å². The highest BCUT2D eigenvalue weighted by atomic mass is 16.3. The highest BCUT2D eigenvalue weighted by molar-refractivity contribution is 5.21. The predicted octanol–water partition coefficient (Wildman–Crippen LogP) is 20.4. The van der Waals surface area contributed by atoms with Gasteiger partial charge in [0.1, 0.15) is 0 Å². The molecule has 16 fully saturated rings. The van der Waals surface area contributed by atoms with Crippen LogP contribution in [0.3, 0.4) is 0 Å². The summed E-state index contributed by atoms with van der Waals surface area (Å²) < 4.78 is 3.87. The van der Waals surface area contributed by atoms with E-state index < -0.39 is 22.4 Å². The Kier molecular flexibility index (Phi) is 23.0. The summed E-state index contributed by atoms with van der Waals surface area (Å²) in [4.78, 5) is 3.59. The molecule has 20 rings (SSSR count). The first-order valence-electron chi connectivity index (χ1n) is 48.1. The van der Waals surface area contributed by atoms with Crippen molar-refractivity contribution in [3.8, 4) is 0 Å². The first kappa shape index (κ1) is 83.6. The van der Waals surface area contributed by atoms with E-state index in [0.29, 0.717) is 69.0 Å². The summed E-state index contributed by atoms with van der Waals surface area (Å²) >= 11 is 0. The van der Waals surface area contributed by atoms with Crippen LogP contribution < -0.4 is 0 Å². The van der Waals surface area contributed by atoms with E-state index in [4.69, 9.17) is 0 Å². The topological polar surface area (TPSA) is 204 Å². The molecule has 4 heterocycles. The van der Waals surface area contributed by atoms with Gasteiger partial charge in [-0.05, 0) is 421 Å². The van der Waals surface area contributed by atoms with Crippen molar-refractivity contribution in [2.45, 2.75) is 337 Å². The van der Waals surface area contributed by atoms with Crippen LogP contribution in [0.1, 0.15) is 289 Å². The van der Waals surface area contributed by atoms with Gasteiger partial charge in [0.2, 0.25) is 0 Å². The Labute approximate surface area is 699 Å². The number of hydrogen-bond acceptors (Lipinski definition) is 12. The fourth-order valence-electron chi connectivity index (χ4n) is 34.2. The summed E-state index contributed by atoms with van der Waals surface area (Å²) in [6.07, 6.45) is 56.1. The highest BCUT2D eigenvalue weighted by Crippen LogP contribution is 2.72. The number of nitrogens with zero attached hydrogens (tertiary/aromatic N) is 12. The molecule has 16 nitrogen and oxygen atoms in total. The van der Waals surface area contributed by atoms with Gasteiger partial charge in [-0.3, -0.25) is 0 Å². The van der Waals surface area contributed by atoms with E-state index in [1.165, 1.54) is 202 Å². The first-order chi connectivity index (χ1) is 55.2. The van der Waals surface area contributed by atoms with Gasteiger partial charge < -0.3 is 20.4 Å². The van der Waals surface area contributed by atoms with Gasteiger partial charge >= 0.3 is 0 Å². The van der Waals surface area contributed by atoms with Crippen LogP contribution in [0.15, 0.2) is 98.2 Å². The quantitative estimate of drug-likeness (QED) is 0.0979. The van der Waals surface area contributed by atoms with Crippen molar-refractivity contribution in [3.63, 3.8) is 0 Å². The van der Waals surface area contributed by atoms with Crippen LogP contribution >= 0.6 is 0 Å². The minimum Gasteiger partial charge on any atom is -0.390 e. The molecule has 0 saturated heterocycles. The molecular weight excluding hydrogens is 1430 g/mol. The van der Waals surface area contributed by atoms with Crippen molar-refractivity contribution in [1.29, 1.82) is 0 Å². The van der Waals surface area contributed by atoms with Gasteiger partial charge in [-0.2, -0.15) is 30.0 Å². The van der Waals surface area contributed by atoms with Crippen molar-refractivity contribution in [1.82, 2.24) is 60.0 Å². The number of aromatic nitrogens is 12. The van der Waals surface area contributed by atoms with Crippen LogP contribution in [0.2, 0.25) is 0 Å². The molecule has 116 heavy (non-hydrogen) atoms. The molecule has 16 aliphatic carbocycles. The van der Waals surface area contributed by atoms with Gasteiger partial charge in [0.25, 0.3) is 0 Å². The lowest BCUT2D eigenvalue weighted by Crippen LogP contribution is -2.52. The Morgan fingerprint density at radius 2 is 0.543 bits per heavy atom. The minimum absolute atomic E-state index is 0.407. The van der Waals surface area contributed by atoms with Gasteiger partial charge in [-0.15, -0.1) is 10.2 Å². The van der Waals surface area contributed by atoms with E-state index in [2.05, 4.69) is 150 Å². The number of hydrogen-bond donors (Lipinski definition) is 4. The molecule has 4 aromatic rings. The Morgan fingerprint density at radius 1 is 0.302 bits per heavy atom. The third-order valence-electron chi connectivity index (χ3n) is 40.8. The van der Waals surface area contributed by atoms with Crippen molar-refractivity contribution >= 4 is 0 Å². The third-order valence-corrected chi connectivity index (χ3v) is 40.8. The normalized spacial score (nSPS) is 49.2. The molecule has 0 aliphatic heterocycles. The summed E-state index contributed by atoms with van der Waals surface area (Å²) in [5, 5.41) is 76.9. The van der Waals surface area contributed by atoms with Crippen LogP contribution in [0.5, 0.6) is 0 Å². The van der Waals surface area contributed by atoms with Gasteiger partial charge in [0.15, 0.2) is 0 Å². The van der Waals surface area contributed by atoms with E-state index in [9.17, 15) is 20.4 Å². The van der Waals surface area contributed by atoms with Crippen LogP contribution in [0.25, 0.3) is 0 Å². The molecule has 16 saturated carbocycles. The fourth-order valence-corrected chi connectivity index (χ4v) is 34.2. The summed E-state index contributed by atoms with van der Waals surface area (Å²) in [5.74, 6) is 21.3. The lowest BCUT2D eigenvalue weighted by atomic mass is 9.48. The standard InChI is InChI=1S/4C25H39N3O/c2*1-16(15-28-12-11-26-27-28)22-7-8-23-20-6-5-18-14-25(4,29)17(2)13-21(18)19(20)9-10-24(22,23)3;2*1-16(15-28-26-11-12-27-28)22-7-8-23-20-6-5-18-14-25(4,29)17(2)13-21(18)19(20)9-10-24(22,23)3/h4*11-12,17-23,29H,1,5-10,13-15H2,2-4H3/t17-,18+,19+,20-,21+,22-,23+,24-,25+;17-,18-,19-,20+,21-,22+,23-,24+,25-;17-,18+,19+,20-,21+,22-,23+,24-,25+;17-,18-,19-,20+,21-,22+,23-,24+,25-/m1010/s1. The number of fused-ring (bicyclic) bond motifs is 20. The number of rotatable bonds is 12. The highest BCUT2D eigenvalue weighted by Gasteiger charge is 2.64. The van der Waals surface area contributed by atoms with Crippen LogP contribution in [0.4, 0.5) is 0 Å². The van der Waals surface area contributed by atoms with E-state index in [0.717, 1.165) is 170 Å². The first-order valence-corrected chi connectivity index (χ1v) is 48.1. The molecule has 0 unspecified atom stereocenters. The smallest absolute Gasteiger partial charge is 0.0817 e. The predicted molar refractivity (Wildman–Crippen MR) is 460 cm³/mol. The fraction of sp³-hybridized carbons (Fsp3) is 0.840. The maximum atomic E-state index is 10.8. The molecule has 0 radical (unpaired) electrons. The molecule has 0 aromatic carbocycles. The largest absolute Gasteiger partial charge is 0.390 e. The average Bonchev–Trinajstić information content (AvgIpc) is 1.61. The van der Waals surface area contributed by atoms with Crippen LogP contribution in [-0.4, -0.2) is 103 Å². The summed E-state index contributed by atoms with van der Waals surface area (Å²) in [6.45, 7) is 49.0. The summed E-state index contributed by atoms with van der Waals surface area (Å²) in [7, 11) is 0. The zero-order chi connectivity index (χ0) is 81.6. The Morgan fingerprint density at radius 3 is 0.776 bits per heavy atom. The summed E-state index contributed by atoms with van der Waals surface area (Å²) in [5.41, 5.74) is 5.22. The van der Waals surface area contributed by atoms with E-state index in [1.807, 2.05) is 21.8 Å². The maximum Gasteiger partial charge on any atom is 0.0817 e. The Bertz CT molecular complexity index is 3540. The zero-order valence-electron chi connectivity index (χ0n) is 74.2. The molecule has 16 heteroatoms. The maximum absolute atomic E-state index is 10.8. The average molecular weight is 1590 g/mol. The monoisotopic (exact) mass is 1590 g/mol. The van der Waals surface area contributed by atoms with Crippen molar-refractivity contribution in [2.24, 2.45) is 187 Å². The Balaban J connectivity index is 0.000000111. The summed E-state index contributed by atoms with van der Waals surface area (Å²) in [6, 6.07) is 0. The lowest BCUT2D eigenvalue weighted by molar-refractivity contribution is -0.121. The van der Waals surface area contributed by atoms with Gasteiger partial charge in [0.05, 0.1) is 85.8 Å². The molecule has 4 N–H and O–H groups in total. The lowest BCUT2D eigenvalue weighted by Gasteiger charge is -2.58. The number of allylic oxidation sites excluding steroid dienone is 4. The molecule has 36 atom stereocenters. The van der Waals surface area contributed by atoms with Crippen molar-refractivity contribution < 1.29 is 20.4 Å². The molecule has 640 valence electrons. The van der Waals surface area contributed by atoms with E-state index >= 15 is 0 Å². The van der Waals surface area contributed by atoms with Crippen LogP contribution in [-0.2, 0) is 26.2 Å². The second kappa shape index (κ2) is 31.9. The van der Waals surface area contributed by atoms with E-state index in [1.54, 1.807) is 46.8 Å². The van der Waals surface area contributed by atoms with Crippen LogP contribution in [0, 0.1) is 187 Å². The second-order valence-electron chi connectivity index (χ2n) is 46.2. The molecule has 4 aromatic heterocycles. The number of aliphatic hydroxyl groups is 4. The van der Waals surface area contributed by atoms with Crippen molar-refractivity contribution in [2.75, 3.05) is 0 Å². The molecule has 16 aliphatic rings.